The Labute approximate surface area is 143 Å². The number of halogens is 1. The van der Waals surface area contributed by atoms with Gasteiger partial charge in [0.05, 0.1) is 6.61 Å². The number of amides is 2. The minimum atomic E-state index is -0.506. The normalized spacial score (nSPS) is 11.9. The standard InChI is InChI=1S/C16H19BrN2O4/c1-2-23-15(21)9-7-13(6-8-14(18)20)19-16(22)11-4-3-5-12(17)10-11/h3-5,7,9-10,13H,2,6,8H2,1H3,(H2,18,20)(H,19,22)/b9-7+/t13-/m0/s1. The highest BCUT2D eigenvalue weighted by molar-refractivity contribution is 9.10. The lowest BCUT2D eigenvalue weighted by Gasteiger charge is -2.14. The van der Waals surface area contributed by atoms with Crippen LogP contribution in [0.2, 0.25) is 0 Å². The van der Waals surface area contributed by atoms with Crippen LogP contribution >= 0.6 is 15.9 Å². The van der Waals surface area contributed by atoms with Crippen LogP contribution in [0.3, 0.4) is 0 Å². The van der Waals surface area contributed by atoms with Crippen LogP contribution < -0.4 is 11.1 Å². The van der Waals surface area contributed by atoms with Gasteiger partial charge in [-0.25, -0.2) is 4.79 Å². The van der Waals surface area contributed by atoms with Crippen LogP contribution in [0.25, 0.3) is 0 Å². The smallest absolute Gasteiger partial charge is 0.330 e. The summed E-state index contributed by atoms with van der Waals surface area (Å²) in [6.45, 7) is 1.96. The van der Waals surface area contributed by atoms with Gasteiger partial charge in [-0.15, -0.1) is 0 Å². The van der Waals surface area contributed by atoms with E-state index in [2.05, 4.69) is 21.2 Å². The maximum Gasteiger partial charge on any atom is 0.330 e. The monoisotopic (exact) mass is 382 g/mol. The molecule has 0 aliphatic rings. The second-order valence-corrected chi connectivity index (χ2v) is 5.62. The van der Waals surface area contributed by atoms with Crippen molar-refractivity contribution < 1.29 is 19.1 Å². The molecular formula is C16H19BrN2O4. The van der Waals surface area contributed by atoms with Crippen LogP contribution in [0, 0.1) is 0 Å². The van der Waals surface area contributed by atoms with Crippen molar-refractivity contribution in [3.63, 3.8) is 0 Å². The fourth-order valence-electron chi connectivity index (χ4n) is 1.78. The first-order chi connectivity index (χ1) is 10.9. The number of hydrogen-bond donors (Lipinski definition) is 2. The number of nitrogens with two attached hydrogens (primary N) is 1. The topological polar surface area (TPSA) is 98.5 Å². The molecule has 0 fully saturated rings. The summed E-state index contributed by atoms with van der Waals surface area (Å²) in [6.07, 6.45) is 3.12. The SMILES string of the molecule is CCOC(=O)/C=C/[C@H](CCC(N)=O)NC(=O)c1cccc(Br)c1. The lowest BCUT2D eigenvalue weighted by molar-refractivity contribution is -0.137. The molecule has 1 atom stereocenters. The van der Waals surface area contributed by atoms with E-state index in [0.717, 1.165) is 4.47 Å². The molecule has 23 heavy (non-hydrogen) atoms. The average molecular weight is 383 g/mol. The quantitative estimate of drug-likeness (QED) is 0.529. The zero-order valence-electron chi connectivity index (χ0n) is 12.8. The molecule has 3 N–H and O–H groups in total. The van der Waals surface area contributed by atoms with Gasteiger partial charge in [0, 0.05) is 28.6 Å². The Morgan fingerprint density at radius 1 is 1.39 bits per heavy atom. The summed E-state index contributed by atoms with van der Waals surface area (Å²) >= 11 is 3.30. The molecule has 0 aromatic heterocycles. The van der Waals surface area contributed by atoms with E-state index in [0.29, 0.717) is 12.0 Å². The van der Waals surface area contributed by atoms with Gasteiger partial charge in [0.2, 0.25) is 5.91 Å². The largest absolute Gasteiger partial charge is 0.463 e. The number of primary amides is 1. The van der Waals surface area contributed by atoms with Gasteiger partial charge in [0.15, 0.2) is 0 Å². The van der Waals surface area contributed by atoms with Crippen molar-refractivity contribution in [2.75, 3.05) is 6.61 Å². The fourth-order valence-corrected chi connectivity index (χ4v) is 2.18. The van der Waals surface area contributed by atoms with Crippen LogP contribution in [0.5, 0.6) is 0 Å². The van der Waals surface area contributed by atoms with Gasteiger partial charge in [0.1, 0.15) is 0 Å². The van der Waals surface area contributed by atoms with E-state index in [1.165, 1.54) is 12.2 Å². The summed E-state index contributed by atoms with van der Waals surface area (Å²) in [4.78, 5) is 34.5. The van der Waals surface area contributed by atoms with Gasteiger partial charge in [-0.2, -0.15) is 0 Å². The fraction of sp³-hybridized carbons (Fsp3) is 0.312. The van der Waals surface area contributed by atoms with Crippen molar-refractivity contribution in [3.05, 3.63) is 46.5 Å². The van der Waals surface area contributed by atoms with Crippen molar-refractivity contribution >= 4 is 33.7 Å². The van der Waals surface area contributed by atoms with E-state index in [1.807, 2.05) is 6.07 Å². The lowest BCUT2D eigenvalue weighted by atomic mass is 10.1. The zero-order chi connectivity index (χ0) is 17.2. The van der Waals surface area contributed by atoms with E-state index in [9.17, 15) is 14.4 Å². The molecule has 1 rings (SSSR count). The van der Waals surface area contributed by atoms with Crippen LogP contribution in [0.4, 0.5) is 0 Å². The van der Waals surface area contributed by atoms with Gasteiger partial charge >= 0.3 is 5.97 Å². The van der Waals surface area contributed by atoms with Gasteiger partial charge in [-0.05, 0) is 31.5 Å². The van der Waals surface area contributed by atoms with Gasteiger partial charge in [-0.1, -0.05) is 28.1 Å². The molecule has 0 bridgehead atoms. The Hall–Kier alpha value is -2.15. The number of carbonyl (C=O) groups is 3. The van der Waals surface area contributed by atoms with E-state index in [4.69, 9.17) is 10.5 Å². The van der Waals surface area contributed by atoms with Crippen LogP contribution in [-0.2, 0) is 14.3 Å². The van der Waals surface area contributed by atoms with Crippen molar-refractivity contribution in [2.45, 2.75) is 25.8 Å². The van der Waals surface area contributed by atoms with Crippen LogP contribution in [-0.4, -0.2) is 30.4 Å². The first-order valence-electron chi connectivity index (χ1n) is 7.12. The number of esters is 1. The molecule has 6 nitrogen and oxygen atoms in total. The third-order valence-corrected chi connectivity index (χ3v) is 3.35. The molecule has 0 saturated heterocycles. The van der Waals surface area contributed by atoms with Crippen LogP contribution in [0.15, 0.2) is 40.9 Å². The molecule has 1 aromatic carbocycles. The van der Waals surface area contributed by atoms with Crippen molar-refractivity contribution in [1.82, 2.24) is 5.32 Å². The Bertz CT molecular complexity index is 601. The molecule has 0 heterocycles. The minimum Gasteiger partial charge on any atom is -0.463 e. The highest BCUT2D eigenvalue weighted by atomic mass is 79.9. The predicted octanol–water partition coefficient (Wildman–Crippen LogP) is 1.93. The minimum absolute atomic E-state index is 0.0938. The summed E-state index contributed by atoms with van der Waals surface area (Å²) < 4.78 is 5.57. The van der Waals surface area contributed by atoms with Crippen LogP contribution in [0.1, 0.15) is 30.1 Å². The molecule has 1 aromatic rings. The Morgan fingerprint density at radius 3 is 2.74 bits per heavy atom. The van der Waals surface area contributed by atoms with E-state index in [-0.39, 0.29) is 18.9 Å². The van der Waals surface area contributed by atoms with E-state index < -0.39 is 17.9 Å². The third-order valence-electron chi connectivity index (χ3n) is 2.86. The molecule has 0 saturated carbocycles. The van der Waals surface area contributed by atoms with Gasteiger partial charge < -0.3 is 15.8 Å². The third kappa shape index (κ3) is 7.60. The second-order valence-electron chi connectivity index (χ2n) is 4.71. The number of rotatable bonds is 8. The van der Waals surface area contributed by atoms with Crippen molar-refractivity contribution in [1.29, 1.82) is 0 Å². The highest BCUT2D eigenvalue weighted by Crippen LogP contribution is 2.12. The first-order valence-corrected chi connectivity index (χ1v) is 7.91. The molecule has 7 heteroatoms. The number of benzene rings is 1. The number of ether oxygens (including phenoxy) is 1. The van der Waals surface area contributed by atoms with E-state index >= 15 is 0 Å². The zero-order valence-corrected chi connectivity index (χ0v) is 14.3. The van der Waals surface area contributed by atoms with Gasteiger partial charge in [0.25, 0.3) is 5.91 Å². The molecule has 0 radical (unpaired) electrons. The molecule has 2 amide bonds. The summed E-state index contributed by atoms with van der Waals surface area (Å²) in [5.74, 6) is -1.29. The summed E-state index contributed by atoms with van der Waals surface area (Å²) in [5.41, 5.74) is 5.60. The second kappa shape index (κ2) is 9.78. The Kier molecular flexibility index (Phi) is 8.04. The average Bonchev–Trinajstić information content (AvgIpc) is 2.50. The van der Waals surface area contributed by atoms with Crippen molar-refractivity contribution in [2.24, 2.45) is 5.73 Å². The maximum absolute atomic E-state index is 12.2. The number of hydrogen-bond acceptors (Lipinski definition) is 4. The summed E-state index contributed by atoms with van der Waals surface area (Å²) in [7, 11) is 0. The molecule has 124 valence electrons. The predicted molar refractivity (Wildman–Crippen MR) is 89.6 cm³/mol. The molecule has 0 aliphatic heterocycles. The number of carbonyl (C=O) groups excluding carboxylic acids is 3. The highest BCUT2D eigenvalue weighted by Gasteiger charge is 2.13. The molecule has 0 aliphatic carbocycles. The Balaban J connectivity index is 2.76. The molecular weight excluding hydrogens is 364 g/mol. The number of nitrogens with one attached hydrogen (secondary N) is 1. The van der Waals surface area contributed by atoms with E-state index in [1.54, 1.807) is 25.1 Å². The first kappa shape index (κ1) is 18.9. The lowest BCUT2D eigenvalue weighted by Crippen LogP contribution is -2.34. The summed E-state index contributed by atoms with van der Waals surface area (Å²) in [5, 5.41) is 2.75. The molecule has 0 spiro atoms. The maximum atomic E-state index is 12.2. The van der Waals surface area contributed by atoms with Crippen molar-refractivity contribution in [3.8, 4) is 0 Å². The summed E-state index contributed by atoms with van der Waals surface area (Å²) in [6, 6.07) is 6.39. The Morgan fingerprint density at radius 2 is 2.13 bits per heavy atom. The van der Waals surface area contributed by atoms with Gasteiger partial charge in [-0.3, -0.25) is 9.59 Å². The molecule has 0 unspecified atom stereocenters.